The van der Waals surface area contributed by atoms with Gasteiger partial charge in [-0.05, 0) is 63.7 Å². The van der Waals surface area contributed by atoms with Gasteiger partial charge in [-0.1, -0.05) is 140 Å². The lowest BCUT2D eigenvalue weighted by atomic mass is 9.97. The number of benzene rings is 7. The third-order valence-corrected chi connectivity index (χ3v) is 10.3. The zero-order valence-electron chi connectivity index (χ0n) is 27.4. The molecular weight excluding hydrogens is 641 g/mol. The Hall–Kier alpha value is -6.74. The maximum atomic E-state index is 9.67. The van der Waals surface area contributed by atoms with Gasteiger partial charge in [-0.2, -0.15) is 5.26 Å². The molecule has 0 aliphatic rings. The maximum absolute atomic E-state index is 9.67. The number of aromatic nitrogens is 3. The first-order valence-electron chi connectivity index (χ1n) is 16.7. The summed E-state index contributed by atoms with van der Waals surface area (Å²) in [6, 6.07) is 60.5. The molecule has 0 amide bonds. The van der Waals surface area contributed by atoms with Crippen LogP contribution in [0.25, 0.3) is 87.7 Å². The number of thiophene rings is 1. The number of fused-ring (bicyclic) bond motifs is 3. The minimum atomic E-state index is 0.598. The third kappa shape index (κ3) is 5.84. The van der Waals surface area contributed by atoms with Crippen molar-refractivity contribution >= 4 is 31.5 Å². The maximum Gasteiger partial charge on any atom is 0.164 e. The highest BCUT2D eigenvalue weighted by Crippen LogP contribution is 2.42. The van der Waals surface area contributed by atoms with Crippen molar-refractivity contribution in [2.75, 3.05) is 0 Å². The molecule has 0 bridgehead atoms. The number of nitrogens with zero attached hydrogens (tertiary/aromatic N) is 4. The van der Waals surface area contributed by atoms with E-state index in [9.17, 15) is 5.26 Å². The Labute approximate surface area is 299 Å². The highest BCUT2D eigenvalue weighted by molar-refractivity contribution is 7.26. The molecule has 0 aliphatic carbocycles. The lowest BCUT2D eigenvalue weighted by Crippen LogP contribution is -2.01. The molecule has 4 nitrogen and oxygen atoms in total. The molecule has 0 aliphatic heterocycles. The predicted molar refractivity (Wildman–Crippen MR) is 210 cm³/mol. The predicted octanol–water partition coefficient (Wildman–Crippen LogP) is 12.1. The van der Waals surface area contributed by atoms with Gasteiger partial charge in [0.05, 0.1) is 11.6 Å². The molecule has 0 fully saturated rings. The number of hydrogen-bond acceptors (Lipinski definition) is 5. The van der Waals surface area contributed by atoms with Gasteiger partial charge in [-0.25, -0.2) is 15.0 Å². The molecule has 5 heteroatoms. The van der Waals surface area contributed by atoms with Gasteiger partial charge in [-0.3, -0.25) is 0 Å². The third-order valence-electron chi connectivity index (χ3n) is 9.18. The SMILES string of the molecule is N#Cc1cccc(-c2cc(-c3nc(-c4ccc(-c5ccccc5)cc4)nc(-c4ccc(-c5ccccc5)cc4)n3)c3c(c2)sc2ccccc23)c1. The highest BCUT2D eigenvalue weighted by Gasteiger charge is 2.19. The van der Waals surface area contributed by atoms with E-state index in [1.165, 1.54) is 4.70 Å². The van der Waals surface area contributed by atoms with Gasteiger partial charge < -0.3 is 0 Å². The zero-order chi connectivity index (χ0) is 34.1. The lowest BCUT2D eigenvalue weighted by Gasteiger charge is -2.12. The van der Waals surface area contributed by atoms with E-state index in [0.29, 0.717) is 23.0 Å². The Bertz CT molecular complexity index is 2630. The van der Waals surface area contributed by atoms with Crippen LogP contribution < -0.4 is 0 Å². The summed E-state index contributed by atoms with van der Waals surface area (Å²) in [5.74, 6) is 1.80. The van der Waals surface area contributed by atoms with Crippen LogP contribution in [0.1, 0.15) is 5.56 Å². The van der Waals surface area contributed by atoms with Crippen LogP contribution in [-0.2, 0) is 0 Å². The number of hydrogen-bond donors (Lipinski definition) is 0. The Morgan fingerprint density at radius 2 is 0.902 bits per heavy atom. The summed E-state index contributed by atoms with van der Waals surface area (Å²) >= 11 is 1.75. The van der Waals surface area contributed by atoms with Crippen LogP contribution in [0.2, 0.25) is 0 Å². The van der Waals surface area contributed by atoms with Gasteiger partial charge in [-0.15, -0.1) is 11.3 Å². The summed E-state index contributed by atoms with van der Waals surface area (Å²) in [6.07, 6.45) is 0. The minimum Gasteiger partial charge on any atom is -0.208 e. The van der Waals surface area contributed by atoms with Crippen molar-refractivity contribution in [1.29, 1.82) is 5.26 Å². The highest BCUT2D eigenvalue weighted by atomic mass is 32.1. The Morgan fingerprint density at radius 3 is 1.51 bits per heavy atom. The molecule has 0 saturated carbocycles. The number of rotatable bonds is 6. The average Bonchev–Trinajstić information content (AvgIpc) is 3.60. The second-order valence-corrected chi connectivity index (χ2v) is 13.5. The molecule has 0 radical (unpaired) electrons. The average molecular weight is 669 g/mol. The van der Waals surface area contributed by atoms with Crippen molar-refractivity contribution in [2.24, 2.45) is 0 Å². The van der Waals surface area contributed by atoms with Crippen molar-refractivity contribution in [3.05, 3.63) is 175 Å². The van der Waals surface area contributed by atoms with E-state index < -0.39 is 0 Å². The van der Waals surface area contributed by atoms with Crippen molar-refractivity contribution in [1.82, 2.24) is 15.0 Å². The Balaban J connectivity index is 1.26. The fraction of sp³-hybridized carbons (Fsp3) is 0. The first kappa shape index (κ1) is 30.3. The summed E-state index contributed by atoms with van der Waals surface area (Å²) in [7, 11) is 0. The van der Waals surface area contributed by atoms with Gasteiger partial charge >= 0.3 is 0 Å². The molecule has 0 unspecified atom stereocenters. The van der Waals surface area contributed by atoms with Crippen LogP contribution in [0.15, 0.2) is 170 Å². The molecule has 0 saturated heterocycles. The molecule has 0 atom stereocenters. The fourth-order valence-electron chi connectivity index (χ4n) is 6.61. The van der Waals surface area contributed by atoms with E-state index >= 15 is 0 Å². The van der Waals surface area contributed by atoms with Crippen LogP contribution in [0.5, 0.6) is 0 Å². The van der Waals surface area contributed by atoms with Gasteiger partial charge in [0.2, 0.25) is 0 Å². The van der Waals surface area contributed by atoms with Crippen LogP contribution in [0.4, 0.5) is 0 Å². The summed E-state index contributed by atoms with van der Waals surface area (Å²) < 4.78 is 2.33. The van der Waals surface area contributed by atoms with Crippen LogP contribution in [-0.4, -0.2) is 15.0 Å². The van der Waals surface area contributed by atoms with E-state index in [0.717, 1.165) is 65.5 Å². The quantitative estimate of drug-likeness (QED) is 0.177. The lowest BCUT2D eigenvalue weighted by molar-refractivity contribution is 1.08. The summed E-state index contributed by atoms with van der Waals surface area (Å²) in [4.78, 5) is 15.5. The van der Waals surface area contributed by atoms with Crippen LogP contribution >= 0.6 is 11.3 Å². The first-order chi connectivity index (χ1) is 25.2. The normalized spacial score (nSPS) is 11.1. The topological polar surface area (TPSA) is 62.5 Å². The standard InChI is InChI=1S/C46H28N4S/c47-29-30-10-9-15-37(26-30)38-27-40(43-39-16-7-8-17-41(39)51-42(43)28-38)46-49-44(35-22-18-33(19-23-35)31-11-3-1-4-12-31)48-45(50-46)36-24-20-34(21-25-36)32-13-5-2-6-14-32/h1-28H. The van der Waals surface area contributed by atoms with Gasteiger partial charge in [0.1, 0.15) is 0 Å². The molecule has 2 heterocycles. The van der Waals surface area contributed by atoms with Gasteiger partial charge in [0.15, 0.2) is 17.5 Å². The molecule has 0 N–H and O–H groups in total. The first-order valence-corrected chi connectivity index (χ1v) is 17.6. The zero-order valence-corrected chi connectivity index (χ0v) is 28.2. The second kappa shape index (κ2) is 12.9. The Morgan fingerprint density at radius 1 is 0.392 bits per heavy atom. The summed E-state index contributed by atoms with van der Waals surface area (Å²) in [5, 5.41) is 11.9. The van der Waals surface area contributed by atoms with Gasteiger partial charge in [0, 0.05) is 36.9 Å². The molecule has 238 valence electrons. The minimum absolute atomic E-state index is 0.598. The van der Waals surface area contributed by atoms with Gasteiger partial charge in [0.25, 0.3) is 0 Å². The van der Waals surface area contributed by atoms with Crippen molar-refractivity contribution < 1.29 is 0 Å². The van der Waals surface area contributed by atoms with Crippen LogP contribution in [0.3, 0.4) is 0 Å². The fourth-order valence-corrected chi connectivity index (χ4v) is 7.78. The molecule has 0 spiro atoms. The van der Waals surface area contributed by atoms with E-state index in [1.807, 2.05) is 36.4 Å². The molecular formula is C46H28N4S. The van der Waals surface area contributed by atoms with E-state index in [2.05, 4.69) is 140 Å². The van der Waals surface area contributed by atoms with Crippen molar-refractivity contribution in [2.45, 2.75) is 0 Å². The molecule has 7 aromatic carbocycles. The van der Waals surface area contributed by atoms with E-state index in [4.69, 9.17) is 15.0 Å². The molecule has 2 aromatic heterocycles. The monoisotopic (exact) mass is 668 g/mol. The molecule has 9 aromatic rings. The molecule has 9 rings (SSSR count). The second-order valence-electron chi connectivity index (χ2n) is 12.4. The molecule has 51 heavy (non-hydrogen) atoms. The largest absolute Gasteiger partial charge is 0.208 e. The van der Waals surface area contributed by atoms with Crippen molar-refractivity contribution in [3.63, 3.8) is 0 Å². The summed E-state index contributed by atoms with van der Waals surface area (Å²) in [6.45, 7) is 0. The number of nitriles is 1. The van der Waals surface area contributed by atoms with Crippen molar-refractivity contribution in [3.8, 4) is 73.6 Å². The van der Waals surface area contributed by atoms with E-state index in [-0.39, 0.29) is 0 Å². The van der Waals surface area contributed by atoms with E-state index in [1.54, 1.807) is 11.3 Å². The van der Waals surface area contributed by atoms with Crippen LogP contribution in [0, 0.1) is 11.3 Å². The smallest absolute Gasteiger partial charge is 0.164 e. The Kier molecular flexibility index (Phi) is 7.70. The summed E-state index contributed by atoms with van der Waals surface area (Å²) in [5.41, 5.74) is 9.90.